The number of aryl methyl sites for hydroxylation is 1. The zero-order chi connectivity index (χ0) is 23.5. The number of nitrogens with zero attached hydrogens (tertiary/aromatic N) is 6. The van der Waals surface area contributed by atoms with Gasteiger partial charge in [0.25, 0.3) is 0 Å². The Bertz CT molecular complexity index is 1140. The Kier molecular flexibility index (Phi) is 6.71. The Hall–Kier alpha value is -3.07. The van der Waals surface area contributed by atoms with Gasteiger partial charge in [-0.15, -0.1) is 10.2 Å². The highest BCUT2D eigenvalue weighted by Gasteiger charge is 2.25. The van der Waals surface area contributed by atoms with E-state index in [-0.39, 0.29) is 11.7 Å². The van der Waals surface area contributed by atoms with Gasteiger partial charge in [0, 0.05) is 39.3 Å². The summed E-state index contributed by atoms with van der Waals surface area (Å²) in [5.41, 5.74) is 2.80. The SMILES string of the molecule is Cc1ccc(-n2c(SCC(=O)N3CCN(c4ccccc4F)CC3)nnc2N2CCCC2)cc1. The zero-order valence-corrected chi connectivity index (χ0v) is 20.2. The van der Waals surface area contributed by atoms with E-state index in [0.717, 1.165) is 42.7 Å². The number of benzene rings is 2. The van der Waals surface area contributed by atoms with E-state index < -0.39 is 0 Å². The van der Waals surface area contributed by atoms with Gasteiger partial charge in [0.1, 0.15) is 5.82 Å². The van der Waals surface area contributed by atoms with E-state index in [1.54, 1.807) is 12.1 Å². The predicted molar refractivity (Wildman–Crippen MR) is 133 cm³/mol. The van der Waals surface area contributed by atoms with Crippen LogP contribution < -0.4 is 9.80 Å². The Morgan fingerprint density at radius 3 is 2.32 bits per heavy atom. The van der Waals surface area contributed by atoms with Crippen molar-refractivity contribution in [1.29, 1.82) is 0 Å². The molecule has 0 N–H and O–H groups in total. The molecule has 0 saturated carbocycles. The van der Waals surface area contributed by atoms with Gasteiger partial charge in [0.15, 0.2) is 5.16 Å². The normalized spacial score (nSPS) is 16.4. The molecule has 2 aliphatic rings. The third kappa shape index (κ3) is 4.75. The van der Waals surface area contributed by atoms with Crippen molar-refractivity contribution in [1.82, 2.24) is 19.7 Å². The first-order chi connectivity index (χ1) is 16.6. The minimum absolute atomic E-state index is 0.0689. The molecule has 34 heavy (non-hydrogen) atoms. The molecule has 1 aromatic heterocycles. The first-order valence-electron chi connectivity index (χ1n) is 11.8. The number of hydrogen-bond donors (Lipinski definition) is 0. The second kappa shape index (κ2) is 10.0. The number of para-hydroxylation sites is 1. The molecule has 3 aromatic rings. The van der Waals surface area contributed by atoms with Crippen molar-refractivity contribution in [3.8, 4) is 5.69 Å². The number of piperazine rings is 1. The molecule has 2 saturated heterocycles. The van der Waals surface area contributed by atoms with E-state index in [1.165, 1.54) is 23.4 Å². The molecule has 9 heteroatoms. The Morgan fingerprint density at radius 1 is 0.912 bits per heavy atom. The van der Waals surface area contributed by atoms with Crippen LogP contribution in [0.5, 0.6) is 0 Å². The number of hydrogen-bond acceptors (Lipinski definition) is 6. The number of carbonyl (C=O) groups excluding carboxylic acids is 1. The zero-order valence-electron chi connectivity index (χ0n) is 19.4. The van der Waals surface area contributed by atoms with Crippen LogP contribution in [0.1, 0.15) is 18.4 Å². The maximum Gasteiger partial charge on any atom is 0.233 e. The summed E-state index contributed by atoms with van der Waals surface area (Å²) in [4.78, 5) is 19.1. The van der Waals surface area contributed by atoms with Gasteiger partial charge in [-0.1, -0.05) is 41.6 Å². The molecular weight excluding hydrogens is 451 g/mol. The van der Waals surface area contributed by atoms with Crippen LogP contribution in [-0.4, -0.2) is 70.6 Å². The van der Waals surface area contributed by atoms with Crippen LogP contribution >= 0.6 is 11.8 Å². The van der Waals surface area contributed by atoms with E-state index in [9.17, 15) is 9.18 Å². The minimum Gasteiger partial charge on any atom is -0.366 e. The van der Waals surface area contributed by atoms with Gasteiger partial charge in [-0.3, -0.25) is 9.36 Å². The first kappa shape index (κ1) is 22.7. The fraction of sp³-hybridized carbons (Fsp3) is 0.400. The van der Waals surface area contributed by atoms with Gasteiger partial charge < -0.3 is 14.7 Å². The highest BCUT2D eigenvalue weighted by Crippen LogP contribution is 2.29. The fourth-order valence-corrected chi connectivity index (χ4v) is 5.37. The lowest BCUT2D eigenvalue weighted by molar-refractivity contribution is -0.128. The maximum absolute atomic E-state index is 14.1. The van der Waals surface area contributed by atoms with Crippen LogP contribution in [0.15, 0.2) is 53.7 Å². The van der Waals surface area contributed by atoms with Crippen LogP contribution in [-0.2, 0) is 4.79 Å². The summed E-state index contributed by atoms with van der Waals surface area (Å²) in [6, 6.07) is 15.1. The number of carbonyl (C=O) groups is 1. The second-order valence-electron chi connectivity index (χ2n) is 8.76. The molecule has 2 aromatic carbocycles. The van der Waals surface area contributed by atoms with Crippen molar-refractivity contribution in [2.24, 2.45) is 0 Å². The topological polar surface area (TPSA) is 57.5 Å². The molecule has 0 spiro atoms. The van der Waals surface area contributed by atoms with Gasteiger partial charge in [-0.05, 0) is 44.0 Å². The molecule has 0 radical (unpaired) electrons. The van der Waals surface area contributed by atoms with Crippen molar-refractivity contribution >= 4 is 29.3 Å². The van der Waals surface area contributed by atoms with Crippen molar-refractivity contribution < 1.29 is 9.18 Å². The van der Waals surface area contributed by atoms with E-state index in [4.69, 9.17) is 0 Å². The molecule has 0 unspecified atom stereocenters. The number of amides is 1. The molecule has 0 bridgehead atoms. The average molecular weight is 481 g/mol. The van der Waals surface area contributed by atoms with Crippen LogP contribution in [0.2, 0.25) is 0 Å². The molecule has 2 fully saturated rings. The smallest absolute Gasteiger partial charge is 0.233 e. The molecular formula is C25H29FN6OS. The summed E-state index contributed by atoms with van der Waals surface area (Å²) in [7, 11) is 0. The number of anilines is 2. The first-order valence-corrected chi connectivity index (χ1v) is 12.8. The van der Waals surface area contributed by atoms with E-state index >= 15 is 0 Å². The minimum atomic E-state index is -0.220. The molecule has 0 atom stereocenters. The van der Waals surface area contributed by atoms with Gasteiger partial charge in [0.2, 0.25) is 11.9 Å². The molecule has 2 aliphatic heterocycles. The molecule has 1 amide bonds. The van der Waals surface area contributed by atoms with Crippen LogP contribution in [0.4, 0.5) is 16.0 Å². The summed E-state index contributed by atoms with van der Waals surface area (Å²) in [5, 5.41) is 9.67. The molecule has 0 aliphatic carbocycles. The third-order valence-electron chi connectivity index (χ3n) is 6.45. The summed E-state index contributed by atoms with van der Waals surface area (Å²) >= 11 is 1.42. The summed E-state index contributed by atoms with van der Waals surface area (Å²) in [6.45, 7) is 6.41. The standard InChI is InChI=1S/C25H29FN6OS/c1-19-8-10-20(11-9-19)32-24(31-12-4-5-13-31)27-28-25(32)34-18-23(33)30-16-14-29(15-17-30)22-7-3-2-6-21(22)26/h2-3,6-11H,4-5,12-18H2,1H3. The van der Waals surface area contributed by atoms with Crippen LogP contribution in [0, 0.1) is 12.7 Å². The third-order valence-corrected chi connectivity index (χ3v) is 7.36. The lowest BCUT2D eigenvalue weighted by atomic mass is 10.2. The number of aromatic nitrogens is 3. The average Bonchev–Trinajstić information content (AvgIpc) is 3.54. The highest BCUT2D eigenvalue weighted by atomic mass is 32.2. The Labute approximate surface area is 203 Å². The monoisotopic (exact) mass is 480 g/mol. The van der Waals surface area contributed by atoms with Crippen molar-refractivity contribution in [2.45, 2.75) is 24.9 Å². The number of thioether (sulfide) groups is 1. The Morgan fingerprint density at radius 2 is 1.62 bits per heavy atom. The summed E-state index contributed by atoms with van der Waals surface area (Å²) in [6.07, 6.45) is 2.31. The van der Waals surface area contributed by atoms with Gasteiger partial charge in [-0.2, -0.15) is 0 Å². The maximum atomic E-state index is 14.1. The van der Waals surface area contributed by atoms with Gasteiger partial charge in [0.05, 0.1) is 17.1 Å². The highest BCUT2D eigenvalue weighted by molar-refractivity contribution is 7.99. The van der Waals surface area contributed by atoms with Crippen molar-refractivity contribution in [2.75, 3.05) is 54.8 Å². The molecule has 5 rings (SSSR count). The lowest BCUT2D eigenvalue weighted by Gasteiger charge is -2.36. The lowest BCUT2D eigenvalue weighted by Crippen LogP contribution is -2.49. The fourth-order valence-electron chi connectivity index (χ4n) is 4.52. The Balaban J connectivity index is 1.26. The van der Waals surface area contributed by atoms with E-state index in [1.807, 2.05) is 15.9 Å². The van der Waals surface area contributed by atoms with Gasteiger partial charge in [-0.25, -0.2) is 4.39 Å². The van der Waals surface area contributed by atoms with E-state index in [0.29, 0.717) is 37.6 Å². The van der Waals surface area contributed by atoms with Crippen molar-refractivity contribution in [3.63, 3.8) is 0 Å². The molecule has 178 valence electrons. The summed E-state index contributed by atoms with van der Waals surface area (Å²) in [5.74, 6) is 0.986. The summed E-state index contributed by atoms with van der Waals surface area (Å²) < 4.78 is 16.2. The van der Waals surface area contributed by atoms with E-state index in [2.05, 4.69) is 50.9 Å². The quantitative estimate of drug-likeness (QED) is 0.501. The van der Waals surface area contributed by atoms with Crippen LogP contribution in [0.3, 0.4) is 0 Å². The van der Waals surface area contributed by atoms with Crippen LogP contribution in [0.25, 0.3) is 5.69 Å². The largest absolute Gasteiger partial charge is 0.366 e. The second-order valence-corrected chi connectivity index (χ2v) is 9.70. The molecule has 3 heterocycles. The predicted octanol–water partition coefficient (Wildman–Crippen LogP) is 3.76. The van der Waals surface area contributed by atoms with Gasteiger partial charge >= 0.3 is 0 Å². The molecule has 7 nitrogen and oxygen atoms in total. The van der Waals surface area contributed by atoms with Crippen molar-refractivity contribution in [3.05, 3.63) is 59.9 Å². The number of halogens is 1. The number of rotatable bonds is 6.